The molecule has 0 radical (unpaired) electrons. The molecule has 4 heteroatoms. The number of hydrogen-bond acceptors (Lipinski definition) is 2. The molecule has 3 fully saturated rings. The van der Waals surface area contributed by atoms with Gasteiger partial charge in [-0.05, 0) is 38.0 Å². The maximum Gasteiger partial charge on any atom is 0.246 e. The molecule has 3 aliphatic rings. The van der Waals surface area contributed by atoms with Crippen LogP contribution < -0.4 is 0 Å². The van der Waals surface area contributed by atoms with Gasteiger partial charge in [-0.15, -0.1) is 0 Å². The Kier molecular flexibility index (Phi) is 3.99. The molecular weight excluding hydrogens is 252 g/mol. The van der Waals surface area contributed by atoms with Gasteiger partial charge in [-0.25, -0.2) is 0 Å². The van der Waals surface area contributed by atoms with Crippen molar-refractivity contribution >= 4 is 11.8 Å². The number of fused-ring (bicyclic) bond motifs is 1. The monoisotopic (exact) mass is 278 g/mol. The van der Waals surface area contributed by atoms with Crippen molar-refractivity contribution in [1.29, 1.82) is 0 Å². The van der Waals surface area contributed by atoms with E-state index >= 15 is 0 Å². The highest BCUT2D eigenvalue weighted by atomic mass is 16.2. The molecular formula is C16H26N2O2. The first kappa shape index (κ1) is 13.9. The van der Waals surface area contributed by atoms with Gasteiger partial charge in [0.1, 0.15) is 12.6 Å². The van der Waals surface area contributed by atoms with Crippen LogP contribution in [-0.2, 0) is 9.59 Å². The quantitative estimate of drug-likeness (QED) is 0.690. The van der Waals surface area contributed by atoms with Crippen LogP contribution in [0.1, 0.15) is 58.3 Å². The summed E-state index contributed by atoms with van der Waals surface area (Å²) in [6.45, 7) is 3.36. The lowest BCUT2D eigenvalue weighted by Crippen LogP contribution is -2.64. The lowest BCUT2D eigenvalue weighted by atomic mass is 9.91. The van der Waals surface area contributed by atoms with Crippen molar-refractivity contribution in [3.05, 3.63) is 0 Å². The molecule has 2 heterocycles. The summed E-state index contributed by atoms with van der Waals surface area (Å²) in [4.78, 5) is 28.9. The second kappa shape index (κ2) is 5.74. The first-order valence-corrected chi connectivity index (χ1v) is 8.28. The summed E-state index contributed by atoms with van der Waals surface area (Å²) >= 11 is 0. The summed E-state index contributed by atoms with van der Waals surface area (Å²) in [5, 5.41) is 0. The Morgan fingerprint density at radius 3 is 2.50 bits per heavy atom. The lowest BCUT2D eigenvalue weighted by molar-refractivity contribution is -0.161. The fourth-order valence-corrected chi connectivity index (χ4v) is 4.21. The second-order valence-corrected chi connectivity index (χ2v) is 6.75. The van der Waals surface area contributed by atoms with Crippen LogP contribution in [0.2, 0.25) is 0 Å². The van der Waals surface area contributed by atoms with Crippen LogP contribution in [0.25, 0.3) is 0 Å². The van der Waals surface area contributed by atoms with E-state index in [2.05, 4.69) is 6.92 Å². The van der Waals surface area contributed by atoms with Crippen LogP contribution in [0.4, 0.5) is 0 Å². The first-order chi connectivity index (χ1) is 9.68. The molecule has 0 spiro atoms. The minimum absolute atomic E-state index is 0.152. The molecule has 20 heavy (non-hydrogen) atoms. The SMILES string of the molecule is CC1CCCCCC1N1CC(=O)N2CCCCC2C1=O. The van der Waals surface area contributed by atoms with Crippen LogP contribution in [0, 0.1) is 5.92 Å². The zero-order chi connectivity index (χ0) is 14.1. The number of rotatable bonds is 1. The van der Waals surface area contributed by atoms with Gasteiger partial charge in [-0.1, -0.05) is 26.2 Å². The maximum absolute atomic E-state index is 12.8. The van der Waals surface area contributed by atoms with Crippen molar-refractivity contribution in [2.24, 2.45) is 5.92 Å². The molecule has 3 unspecified atom stereocenters. The zero-order valence-electron chi connectivity index (χ0n) is 12.5. The average Bonchev–Trinajstić information content (AvgIpc) is 2.68. The van der Waals surface area contributed by atoms with E-state index in [0.29, 0.717) is 12.5 Å². The molecule has 0 N–H and O–H groups in total. The minimum atomic E-state index is -0.152. The molecule has 112 valence electrons. The topological polar surface area (TPSA) is 40.6 Å². The molecule has 3 rings (SSSR count). The summed E-state index contributed by atoms with van der Waals surface area (Å²) < 4.78 is 0. The maximum atomic E-state index is 12.8. The fraction of sp³-hybridized carbons (Fsp3) is 0.875. The molecule has 0 aromatic rings. The van der Waals surface area contributed by atoms with Crippen molar-refractivity contribution in [2.75, 3.05) is 13.1 Å². The number of hydrogen-bond donors (Lipinski definition) is 0. The van der Waals surface area contributed by atoms with E-state index in [9.17, 15) is 9.59 Å². The second-order valence-electron chi connectivity index (χ2n) is 6.75. The normalized spacial score (nSPS) is 35.8. The van der Waals surface area contributed by atoms with E-state index in [0.717, 1.165) is 32.2 Å². The van der Waals surface area contributed by atoms with Gasteiger partial charge in [0.05, 0.1) is 0 Å². The van der Waals surface area contributed by atoms with Gasteiger partial charge in [0, 0.05) is 12.6 Å². The third kappa shape index (κ3) is 2.45. The van der Waals surface area contributed by atoms with Crippen LogP contribution in [0.5, 0.6) is 0 Å². The third-order valence-corrected chi connectivity index (χ3v) is 5.41. The molecule has 0 bridgehead atoms. The Labute approximate surface area is 121 Å². The number of carbonyl (C=O) groups is 2. The van der Waals surface area contributed by atoms with Crippen molar-refractivity contribution in [1.82, 2.24) is 9.80 Å². The molecule has 2 saturated heterocycles. The van der Waals surface area contributed by atoms with Crippen LogP contribution in [0.15, 0.2) is 0 Å². The Balaban J connectivity index is 1.78. The zero-order valence-corrected chi connectivity index (χ0v) is 12.5. The summed E-state index contributed by atoms with van der Waals surface area (Å²) in [6, 6.07) is 0.137. The summed E-state index contributed by atoms with van der Waals surface area (Å²) in [6.07, 6.45) is 8.99. The molecule has 4 nitrogen and oxygen atoms in total. The molecule has 2 aliphatic heterocycles. The molecule has 2 amide bonds. The molecule has 3 atom stereocenters. The predicted octanol–water partition coefficient (Wildman–Crippen LogP) is 2.18. The summed E-state index contributed by atoms with van der Waals surface area (Å²) in [5.74, 6) is 0.929. The standard InChI is InChI=1S/C16H26N2O2/c1-12-7-3-2-4-8-13(12)18-11-15(19)17-10-6-5-9-14(17)16(18)20/h12-14H,2-11H2,1H3. The van der Waals surface area contributed by atoms with Crippen molar-refractivity contribution < 1.29 is 9.59 Å². The molecule has 1 aliphatic carbocycles. The van der Waals surface area contributed by atoms with Gasteiger partial charge >= 0.3 is 0 Å². The number of nitrogens with zero attached hydrogens (tertiary/aromatic N) is 2. The Bertz CT molecular complexity index is 396. The molecule has 1 saturated carbocycles. The van der Waals surface area contributed by atoms with Crippen molar-refractivity contribution in [3.63, 3.8) is 0 Å². The average molecular weight is 278 g/mol. The molecule has 0 aromatic heterocycles. The van der Waals surface area contributed by atoms with E-state index < -0.39 is 0 Å². The highest BCUT2D eigenvalue weighted by molar-refractivity contribution is 5.95. The number of piperidine rings is 1. The van der Waals surface area contributed by atoms with Gasteiger partial charge in [0.25, 0.3) is 0 Å². The van der Waals surface area contributed by atoms with Gasteiger partial charge < -0.3 is 9.80 Å². The van der Waals surface area contributed by atoms with E-state index in [1.165, 1.54) is 25.7 Å². The van der Waals surface area contributed by atoms with Crippen molar-refractivity contribution in [3.8, 4) is 0 Å². The number of amides is 2. The summed E-state index contributed by atoms with van der Waals surface area (Å²) in [7, 11) is 0. The van der Waals surface area contributed by atoms with Gasteiger partial charge in [0.15, 0.2) is 0 Å². The van der Waals surface area contributed by atoms with Gasteiger partial charge in [-0.2, -0.15) is 0 Å². The van der Waals surface area contributed by atoms with E-state index in [1.54, 1.807) is 0 Å². The van der Waals surface area contributed by atoms with Crippen LogP contribution >= 0.6 is 0 Å². The molecule has 0 aromatic carbocycles. The lowest BCUT2D eigenvalue weighted by Gasteiger charge is -2.46. The predicted molar refractivity (Wildman–Crippen MR) is 77.1 cm³/mol. The van der Waals surface area contributed by atoms with Gasteiger partial charge in [0.2, 0.25) is 11.8 Å². The highest BCUT2D eigenvalue weighted by Crippen LogP contribution is 2.31. The smallest absolute Gasteiger partial charge is 0.246 e. The highest BCUT2D eigenvalue weighted by Gasteiger charge is 2.43. The number of piperazine rings is 1. The van der Waals surface area contributed by atoms with Crippen LogP contribution in [-0.4, -0.2) is 46.8 Å². The van der Waals surface area contributed by atoms with Crippen LogP contribution in [0.3, 0.4) is 0 Å². The van der Waals surface area contributed by atoms with E-state index in [1.807, 2.05) is 9.80 Å². The van der Waals surface area contributed by atoms with Crippen molar-refractivity contribution in [2.45, 2.75) is 70.4 Å². The first-order valence-electron chi connectivity index (χ1n) is 8.28. The summed E-state index contributed by atoms with van der Waals surface area (Å²) in [5.41, 5.74) is 0. The number of carbonyl (C=O) groups excluding carboxylic acids is 2. The minimum Gasteiger partial charge on any atom is -0.329 e. The largest absolute Gasteiger partial charge is 0.329 e. The van der Waals surface area contributed by atoms with E-state index in [-0.39, 0.29) is 23.9 Å². The van der Waals surface area contributed by atoms with Gasteiger partial charge in [-0.3, -0.25) is 9.59 Å². The Hall–Kier alpha value is -1.06. The Morgan fingerprint density at radius 2 is 1.65 bits per heavy atom. The fourth-order valence-electron chi connectivity index (χ4n) is 4.21. The van der Waals surface area contributed by atoms with E-state index in [4.69, 9.17) is 0 Å². The third-order valence-electron chi connectivity index (χ3n) is 5.41. The Morgan fingerprint density at radius 1 is 0.900 bits per heavy atom.